The minimum Gasteiger partial charge on any atom is -0.361 e. The maximum absolute atomic E-state index is 13.5. The summed E-state index contributed by atoms with van der Waals surface area (Å²) in [4.78, 5) is 25.2. The van der Waals surface area contributed by atoms with Gasteiger partial charge in [-0.25, -0.2) is 9.97 Å². The van der Waals surface area contributed by atoms with Crippen molar-refractivity contribution >= 4 is 39.2 Å². The van der Waals surface area contributed by atoms with Crippen LogP contribution in [0.1, 0.15) is 18.7 Å². The maximum Gasteiger partial charge on any atom is 0.264 e. The predicted octanol–water partition coefficient (Wildman–Crippen LogP) is 5.09. The third kappa shape index (κ3) is 3.02. The minimum absolute atomic E-state index is 0.151. The fourth-order valence-electron chi connectivity index (χ4n) is 3.77. The molecule has 0 bridgehead atoms. The average molecular weight is 416 g/mol. The molecule has 5 rings (SSSR count). The lowest BCUT2D eigenvalue weighted by Gasteiger charge is -2.21. The molecule has 0 saturated heterocycles. The molecule has 0 aliphatic carbocycles. The van der Waals surface area contributed by atoms with Crippen molar-refractivity contribution in [3.8, 4) is 5.69 Å². The second-order valence-corrected chi connectivity index (χ2v) is 7.48. The molecule has 6 nitrogen and oxygen atoms in total. The first-order chi connectivity index (χ1) is 14.6. The van der Waals surface area contributed by atoms with E-state index >= 15 is 0 Å². The van der Waals surface area contributed by atoms with Crippen LogP contribution in [0.15, 0.2) is 78.0 Å². The summed E-state index contributed by atoms with van der Waals surface area (Å²) < 4.78 is 1.71. The van der Waals surface area contributed by atoms with Crippen LogP contribution in [-0.2, 0) is 0 Å². The van der Waals surface area contributed by atoms with Gasteiger partial charge in [0.05, 0.1) is 21.8 Å². The number of aromatic amines is 1. The van der Waals surface area contributed by atoms with Gasteiger partial charge in [-0.3, -0.25) is 9.36 Å². The van der Waals surface area contributed by atoms with Crippen molar-refractivity contribution in [3.63, 3.8) is 0 Å². The molecule has 2 N–H and O–H groups in total. The van der Waals surface area contributed by atoms with Crippen molar-refractivity contribution in [3.05, 3.63) is 94.3 Å². The molecule has 0 aliphatic heterocycles. The van der Waals surface area contributed by atoms with Crippen LogP contribution in [0.3, 0.4) is 0 Å². The number of hydrogen-bond acceptors (Lipinski definition) is 4. The van der Waals surface area contributed by atoms with Gasteiger partial charge in [0.1, 0.15) is 17.8 Å². The number of benzene rings is 2. The molecule has 0 saturated carbocycles. The molecule has 0 amide bonds. The Morgan fingerprint density at radius 3 is 2.73 bits per heavy atom. The molecule has 0 radical (unpaired) electrons. The number of para-hydroxylation sites is 1. The molecule has 3 heterocycles. The van der Waals surface area contributed by atoms with E-state index in [4.69, 9.17) is 11.6 Å². The predicted molar refractivity (Wildman–Crippen MR) is 120 cm³/mol. The lowest BCUT2D eigenvalue weighted by atomic mass is 10.1. The van der Waals surface area contributed by atoms with Crippen LogP contribution in [0.25, 0.3) is 27.5 Å². The fourth-order valence-corrected chi connectivity index (χ4v) is 4.03. The Morgan fingerprint density at radius 2 is 1.90 bits per heavy atom. The highest BCUT2D eigenvalue weighted by Gasteiger charge is 2.18. The first-order valence-electron chi connectivity index (χ1n) is 9.57. The molecule has 1 atom stereocenters. The van der Waals surface area contributed by atoms with E-state index in [0.717, 1.165) is 27.8 Å². The number of fused-ring (bicyclic) bond motifs is 2. The van der Waals surface area contributed by atoms with Gasteiger partial charge in [0.2, 0.25) is 0 Å². The number of anilines is 1. The van der Waals surface area contributed by atoms with Crippen molar-refractivity contribution < 1.29 is 0 Å². The molecule has 2 aromatic carbocycles. The van der Waals surface area contributed by atoms with Crippen LogP contribution in [0, 0.1) is 0 Å². The Morgan fingerprint density at radius 1 is 1.07 bits per heavy atom. The van der Waals surface area contributed by atoms with Gasteiger partial charge < -0.3 is 10.3 Å². The molecule has 1 unspecified atom stereocenters. The van der Waals surface area contributed by atoms with Crippen LogP contribution in [0.5, 0.6) is 0 Å². The SMILES string of the molecule is CC(Nc1ncnc2[nH]ccc12)c1cc2cccc(Cl)c2c(=O)n1-c1ccccc1. The molecule has 5 aromatic rings. The number of nitrogens with zero attached hydrogens (tertiary/aromatic N) is 3. The van der Waals surface area contributed by atoms with E-state index < -0.39 is 0 Å². The van der Waals surface area contributed by atoms with E-state index in [9.17, 15) is 4.79 Å². The lowest BCUT2D eigenvalue weighted by Crippen LogP contribution is -2.25. The second kappa shape index (κ2) is 7.31. The van der Waals surface area contributed by atoms with Gasteiger partial charge in [0.25, 0.3) is 5.56 Å². The van der Waals surface area contributed by atoms with E-state index in [0.29, 0.717) is 16.2 Å². The van der Waals surface area contributed by atoms with E-state index in [-0.39, 0.29) is 11.6 Å². The second-order valence-electron chi connectivity index (χ2n) is 7.08. The summed E-state index contributed by atoms with van der Waals surface area (Å²) in [5, 5.41) is 6.09. The highest BCUT2D eigenvalue weighted by atomic mass is 35.5. The normalized spacial score (nSPS) is 12.3. The Bertz CT molecular complexity index is 1420. The smallest absolute Gasteiger partial charge is 0.264 e. The largest absolute Gasteiger partial charge is 0.361 e. The molecular formula is C23H18ClN5O. The zero-order valence-corrected chi connectivity index (χ0v) is 16.9. The molecular weight excluding hydrogens is 398 g/mol. The van der Waals surface area contributed by atoms with Gasteiger partial charge in [-0.05, 0) is 42.6 Å². The number of halogens is 1. The van der Waals surface area contributed by atoms with Crippen molar-refractivity contribution in [1.82, 2.24) is 19.5 Å². The molecule has 30 heavy (non-hydrogen) atoms. The molecule has 0 fully saturated rings. The van der Waals surface area contributed by atoms with E-state index in [1.54, 1.807) is 10.6 Å². The van der Waals surface area contributed by atoms with E-state index in [2.05, 4.69) is 20.3 Å². The Labute approximate surface area is 177 Å². The highest BCUT2D eigenvalue weighted by molar-refractivity contribution is 6.35. The topological polar surface area (TPSA) is 75.6 Å². The third-order valence-corrected chi connectivity index (χ3v) is 5.50. The van der Waals surface area contributed by atoms with Crippen LogP contribution >= 0.6 is 11.6 Å². The van der Waals surface area contributed by atoms with Crippen molar-refractivity contribution in [1.29, 1.82) is 0 Å². The van der Waals surface area contributed by atoms with Gasteiger partial charge in [0.15, 0.2) is 0 Å². The van der Waals surface area contributed by atoms with Crippen molar-refractivity contribution in [2.45, 2.75) is 13.0 Å². The highest BCUT2D eigenvalue weighted by Crippen LogP contribution is 2.28. The molecule has 7 heteroatoms. The minimum atomic E-state index is -0.214. The van der Waals surface area contributed by atoms with Crippen LogP contribution < -0.4 is 10.9 Å². The average Bonchev–Trinajstić information content (AvgIpc) is 3.24. The maximum atomic E-state index is 13.5. The summed E-state index contributed by atoms with van der Waals surface area (Å²) in [6.45, 7) is 2.01. The molecule has 148 valence electrons. The summed E-state index contributed by atoms with van der Waals surface area (Å²) in [5.74, 6) is 0.701. The number of aromatic nitrogens is 4. The quantitative estimate of drug-likeness (QED) is 0.428. The van der Waals surface area contributed by atoms with Crippen LogP contribution in [0.4, 0.5) is 5.82 Å². The van der Waals surface area contributed by atoms with Gasteiger partial charge in [-0.1, -0.05) is 41.9 Å². The first-order valence-corrected chi connectivity index (χ1v) is 9.95. The summed E-state index contributed by atoms with van der Waals surface area (Å²) >= 11 is 6.39. The Hall–Kier alpha value is -3.64. The monoisotopic (exact) mass is 415 g/mol. The zero-order valence-electron chi connectivity index (χ0n) is 16.1. The Balaban J connectivity index is 1.71. The number of nitrogens with one attached hydrogen (secondary N) is 2. The van der Waals surface area contributed by atoms with Crippen molar-refractivity contribution in [2.24, 2.45) is 0 Å². The van der Waals surface area contributed by atoms with Gasteiger partial charge in [-0.2, -0.15) is 0 Å². The van der Waals surface area contributed by atoms with E-state index in [1.807, 2.05) is 67.7 Å². The molecule has 3 aromatic heterocycles. The summed E-state index contributed by atoms with van der Waals surface area (Å²) in [5.41, 5.74) is 2.19. The Kier molecular flexibility index (Phi) is 4.48. The fraction of sp³-hybridized carbons (Fsp3) is 0.0870. The zero-order chi connectivity index (χ0) is 20.7. The third-order valence-electron chi connectivity index (χ3n) is 5.19. The van der Waals surface area contributed by atoms with Crippen LogP contribution in [-0.4, -0.2) is 19.5 Å². The van der Waals surface area contributed by atoms with Gasteiger partial charge >= 0.3 is 0 Å². The van der Waals surface area contributed by atoms with Crippen LogP contribution in [0.2, 0.25) is 5.02 Å². The molecule has 0 spiro atoms. The number of rotatable bonds is 4. The summed E-state index contributed by atoms with van der Waals surface area (Å²) in [7, 11) is 0. The van der Waals surface area contributed by atoms with Crippen molar-refractivity contribution in [2.75, 3.05) is 5.32 Å². The van der Waals surface area contributed by atoms with Gasteiger partial charge in [0, 0.05) is 17.6 Å². The van der Waals surface area contributed by atoms with Gasteiger partial charge in [-0.15, -0.1) is 0 Å². The lowest BCUT2D eigenvalue weighted by molar-refractivity contribution is 0.774. The molecule has 0 aliphatic rings. The number of H-pyrrole nitrogens is 1. The first kappa shape index (κ1) is 18.4. The summed E-state index contributed by atoms with van der Waals surface area (Å²) in [6.07, 6.45) is 3.34. The standard InChI is InChI=1S/C23H18ClN5O/c1-14(28-22-17-10-11-25-21(17)26-13-27-22)19-12-15-6-5-9-18(24)20(15)23(30)29(19)16-7-3-2-4-8-16/h2-14H,1H3,(H2,25,26,27,28). The van der Waals surface area contributed by atoms with E-state index in [1.165, 1.54) is 6.33 Å². The summed E-state index contributed by atoms with van der Waals surface area (Å²) in [6, 6.07) is 18.8. The number of hydrogen-bond donors (Lipinski definition) is 2. The number of pyridine rings is 1.